The molecule has 1 rings (SSSR count). The smallest absolute Gasteiger partial charge is 0.313 e. The average Bonchev–Trinajstić information content (AvgIpc) is 2.35. The van der Waals surface area contributed by atoms with E-state index in [1.54, 1.807) is 0 Å². The van der Waals surface area contributed by atoms with Crippen molar-refractivity contribution in [3.05, 3.63) is 29.8 Å². The largest absolute Gasteiger partial charge is 0.389 e. The minimum atomic E-state index is -4.04. The molecule has 0 spiro atoms. The van der Waals surface area contributed by atoms with Gasteiger partial charge >= 0.3 is 6.18 Å². The van der Waals surface area contributed by atoms with Crippen LogP contribution in [-0.2, 0) is 6.54 Å². The van der Waals surface area contributed by atoms with Crippen LogP contribution in [0, 0.1) is 0 Å². The van der Waals surface area contributed by atoms with Crippen molar-refractivity contribution < 1.29 is 13.2 Å². The first kappa shape index (κ1) is 16.4. The second kappa shape index (κ2) is 8.48. The lowest BCUT2D eigenvalue weighted by molar-refractivity contribution is -0.134. The van der Waals surface area contributed by atoms with Gasteiger partial charge < -0.3 is 5.32 Å². The van der Waals surface area contributed by atoms with Gasteiger partial charge in [-0.15, -0.1) is 11.8 Å². The van der Waals surface area contributed by atoms with Crippen LogP contribution in [-0.4, -0.2) is 18.5 Å². The first-order valence-electron chi connectivity index (χ1n) is 6.50. The van der Waals surface area contributed by atoms with Crippen LogP contribution < -0.4 is 5.32 Å². The van der Waals surface area contributed by atoms with Crippen molar-refractivity contribution in [1.29, 1.82) is 0 Å². The molecule has 0 amide bonds. The summed E-state index contributed by atoms with van der Waals surface area (Å²) in [6.45, 7) is 3.90. The minimum Gasteiger partial charge on any atom is -0.313 e. The highest BCUT2D eigenvalue weighted by molar-refractivity contribution is 7.99. The molecule has 1 nitrogen and oxygen atoms in total. The Morgan fingerprint density at radius 1 is 1.26 bits per heavy atom. The molecule has 0 saturated heterocycles. The molecule has 0 saturated carbocycles. The van der Waals surface area contributed by atoms with E-state index in [1.807, 2.05) is 24.3 Å². The fourth-order valence-electron chi connectivity index (χ4n) is 1.62. The molecule has 108 valence electrons. The third-order valence-corrected chi connectivity index (χ3v) is 3.61. The lowest BCUT2D eigenvalue weighted by Gasteiger charge is -2.07. The molecule has 1 aromatic carbocycles. The fraction of sp³-hybridized carbons (Fsp3) is 0.571. The molecule has 0 aliphatic carbocycles. The van der Waals surface area contributed by atoms with Crippen LogP contribution in [0.15, 0.2) is 29.2 Å². The summed E-state index contributed by atoms with van der Waals surface area (Å²) in [5, 5.41) is 3.31. The zero-order valence-electron chi connectivity index (χ0n) is 11.1. The van der Waals surface area contributed by atoms with E-state index in [0.717, 1.165) is 24.4 Å². The maximum atomic E-state index is 12.0. The summed E-state index contributed by atoms with van der Waals surface area (Å²) in [5.41, 5.74) is 1.18. The first-order chi connectivity index (χ1) is 9.01. The predicted octanol–water partition coefficient (Wildman–Crippen LogP) is 4.62. The van der Waals surface area contributed by atoms with Crippen LogP contribution in [0.25, 0.3) is 0 Å². The van der Waals surface area contributed by atoms with Gasteiger partial charge in [0.15, 0.2) is 0 Å². The van der Waals surface area contributed by atoms with Gasteiger partial charge in [-0.3, -0.25) is 0 Å². The van der Waals surface area contributed by atoms with Gasteiger partial charge in [0.05, 0.1) is 0 Å². The molecule has 0 radical (unpaired) electrons. The monoisotopic (exact) mass is 291 g/mol. The zero-order chi connectivity index (χ0) is 14.1. The van der Waals surface area contributed by atoms with Gasteiger partial charge in [0.2, 0.25) is 0 Å². The van der Waals surface area contributed by atoms with Gasteiger partial charge in [-0.1, -0.05) is 19.1 Å². The summed E-state index contributed by atoms with van der Waals surface area (Å²) < 4.78 is 36.0. The van der Waals surface area contributed by atoms with Gasteiger partial charge in [-0.05, 0) is 42.8 Å². The highest BCUT2D eigenvalue weighted by Crippen LogP contribution is 2.25. The zero-order valence-corrected chi connectivity index (χ0v) is 11.9. The van der Waals surface area contributed by atoms with E-state index in [0.29, 0.717) is 5.75 Å². The lowest BCUT2D eigenvalue weighted by atomic mass is 10.2. The molecular weight excluding hydrogens is 271 g/mol. The fourth-order valence-corrected chi connectivity index (χ4v) is 2.55. The van der Waals surface area contributed by atoms with Crippen LogP contribution >= 0.6 is 11.8 Å². The van der Waals surface area contributed by atoms with Crippen molar-refractivity contribution in [3.63, 3.8) is 0 Å². The molecule has 19 heavy (non-hydrogen) atoms. The number of benzene rings is 1. The van der Waals surface area contributed by atoms with Gasteiger partial charge in [0.1, 0.15) is 0 Å². The molecule has 0 aromatic heterocycles. The molecule has 0 atom stereocenters. The van der Waals surface area contributed by atoms with Crippen molar-refractivity contribution in [1.82, 2.24) is 5.32 Å². The standard InChI is InChI=1S/C14H20F3NS/c1-2-8-18-11-12-5-3-6-13(10-12)19-9-4-7-14(15,16)17/h3,5-6,10,18H,2,4,7-9,11H2,1H3. The number of alkyl halides is 3. The molecule has 0 heterocycles. The normalized spacial score (nSPS) is 11.8. The summed E-state index contributed by atoms with van der Waals surface area (Å²) in [7, 11) is 0. The SMILES string of the molecule is CCCNCc1cccc(SCCCC(F)(F)F)c1. The van der Waals surface area contributed by atoms with Crippen LogP contribution in [0.4, 0.5) is 13.2 Å². The van der Waals surface area contributed by atoms with Crippen molar-refractivity contribution in [3.8, 4) is 0 Å². The van der Waals surface area contributed by atoms with Gasteiger partial charge in [-0.2, -0.15) is 13.2 Å². The molecule has 0 aliphatic heterocycles. The number of rotatable bonds is 8. The Bertz CT molecular complexity index is 366. The maximum absolute atomic E-state index is 12.0. The summed E-state index contributed by atoms with van der Waals surface area (Å²) in [5.74, 6) is 0.505. The first-order valence-corrected chi connectivity index (χ1v) is 7.49. The second-order valence-corrected chi connectivity index (χ2v) is 5.56. The number of halogens is 3. The Balaban J connectivity index is 2.31. The number of hydrogen-bond acceptors (Lipinski definition) is 2. The highest BCUT2D eigenvalue weighted by Gasteiger charge is 2.25. The Kier molecular flexibility index (Phi) is 7.31. The van der Waals surface area contributed by atoms with Gasteiger partial charge in [-0.25, -0.2) is 0 Å². The Morgan fingerprint density at radius 3 is 2.74 bits per heavy atom. The quantitative estimate of drug-likeness (QED) is 0.554. The second-order valence-electron chi connectivity index (χ2n) is 4.39. The van der Waals surface area contributed by atoms with E-state index < -0.39 is 12.6 Å². The van der Waals surface area contributed by atoms with Crippen molar-refractivity contribution in [2.24, 2.45) is 0 Å². The molecule has 0 unspecified atom stereocenters. The summed E-state index contributed by atoms with van der Waals surface area (Å²) in [6, 6.07) is 7.97. The predicted molar refractivity (Wildman–Crippen MR) is 74.5 cm³/mol. The van der Waals surface area contributed by atoms with Gasteiger partial charge in [0.25, 0.3) is 0 Å². The van der Waals surface area contributed by atoms with Crippen molar-refractivity contribution >= 4 is 11.8 Å². The van der Waals surface area contributed by atoms with Crippen LogP contribution in [0.5, 0.6) is 0 Å². The molecule has 0 bridgehead atoms. The van der Waals surface area contributed by atoms with Crippen molar-refractivity contribution in [2.75, 3.05) is 12.3 Å². The van der Waals surface area contributed by atoms with E-state index in [4.69, 9.17) is 0 Å². The third kappa shape index (κ3) is 8.16. The van der Waals surface area contributed by atoms with Crippen molar-refractivity contribution in [2.45, 2.75) is 43.8 Å². The number of nitrogens with one attached hydrogen (secondary N) is 1. The third-order valence-electron chi connectivity index (χ3n) is 2.53. The average molecular weight is 291 g/mol. The van der Waals surface area contributed by atoms with E-state index >= 15 is 0 Å². The summed E-state index contributed by atoms with van der Waals surface area (Å²) in [6.07, 6.45) is -3.47. The Hall–Kier alpha value is -0.680. The molecular formula is C14H20F3NS. The van der Waals surface area contributed by atoms with Crippen LogP contribution in [0.1, 0.15) is 31.7 Å². The van der Waals surface area contributed by atoms with E-state index in [1.165, 1.54) is 17.3 Å². The minimum absolute atomic E-state index is 0.173. The molecule has 0 fully saturated rings. The maximum Gasteiger partial charge on any atom is 0.389 e. The summed E-state index contributed by atoms with van der Waals surface area (Å²) >= 11 is 1.49. The number of thioether (sulfide) groups is 1. The van der Waals surface area contributed by atoms with Crippen LogP contribution in [0.2, 0.25) is 0 Å². The molecule has 1 aromatic rings. The summed E-state index contributed by atoms with van der Waals surface area (Å²) in [4.78, 5) is 1.04. The molecule has 0 aliphatic rings. The molecule has 1 N–H and O–H groups in total. The topological polar surface area (TPSA) is 12.0 Å². The van der Waals surface area contributed by atoms with E-state index in [2.05, 4.69) is 12.2 Å². The Labute approximate surface area is 117 Å². The number of hydrogen-bond donors (Lipinski definition) is 1. The van der Waals surface area contributed by atoms with Crippen LogP contribution in [0.3, 0.4) is 0 Å². The van der Waals surface area contributed by atoms with E-state index in [9.17, 15) is 13.2 Å². The van der Waals surface area contributed by atoms with E-state index in [-0.39, 0.29) is 6.42 Å². The highest BCUT2D eigenvalue weighted by atomic mass is 32.2. The Morgan fingerprint density at radius 2 is 2.05 bits per heavy atom. The van der Waals surface area contributed by atoms with Gasteiger partial charge in [0, 0.05) is 17.9 Å². The molecule has 5 heteroatoms. The lowest BCUT2D eigenvalue weighted by Crippen LogP contribution is -2.13.